The predicted molar refractivity (Wildman–Crippen MR) is 127 cm³/mol. The van der Waals surface area contributed by atoms with E-state index in [1.54, 1.807) is 0 Å². The summed E-state index contributed by atoms with van der Waals surface area (Å²) in [5.74, 6) is 2.79. The zero-order valence-corrected chi connectivity index (χ0v) is 19.6. The average molecular weight is 451 g/mol. The van der Waals surface area contributed by atoms with Gasteiger partial charge in [0.05, 0.1) is 12.4 Å². The summed E-state index contributed by atoms with van der Waals surface area (Å²) in [7, 11) is 0. The van der Waals surface area contributed by atoms with Gasteiger partial charge in [0.15, 0.2) is 5.16 Å². The fourth-order valence-corrected chi connectivity index (χ4v) is 4.91. The molecule has 32 heavy (non-hydrogen) atoms. The van der Waals surface area contributed by atoms with Gasteiger partial charge in [0.1, 0.15) is 11.6 Å². The van der Waals surface area contributed by atoms with Gasteiger partial charge in [-0.05, 0) is 55.5 Å². The van der Waals surface area contributed by atoms with E-state index < -0.39 is 0 Å². The maximum atomic E-state index is 12.8. The van der Waals surface area contributed by atoms with Crippen molar-refractivity contribution in [2.24, 2.45) is 5.92 Å². The van der Waals surface area contributed by atoms with Gasteiger partial charge < -0.3 is 9.64 Å². The summed E-state index contributed by atoms with van der Waals surface area (Å²) in [6, 6.07) is 18.2. The maximum absolute atomic E-state index is 12.8. The van der Waals surface area contributed by atoms with Gasteiger partial charge in [-0.25, -0.2) is 0 Å². The summed E-state index contributed by atoms with van der Waals surface area (Å²) in [5.41, 5.74) is 2.13. The normalized spacial score (nSPS) is 16.2. The standard InChI is InChI=1S/C25H30N4O2S/c1-3-31-22-13-11-21(12-14-22)29-23(16-20-9-5-4-6-10-20)26-27-25(29)32-18-24(30)28-15-7-8-19(2)17-28/h4-6,9-14,19H,3,7-8,15-18H2,1-2H3. The molecule has 1 atom stereocenters. The number of carbonyl (C=O) groups is 1. The molecule has 1 fully saturated rings. The lowest BCUT2D eigenvalue weighted by atomic mass is 10.0. The number of amides is 1. The summed E-state index contributed by atoms with van der Waals surface area (Å²) in [6.45, 7) is 6.52. The number of hydrogen-bond donors (Lipinski definition) is 0. The van der Waals surface area contributed by atoms with Crippen LogP contribution in [0.1, 0.15) is 38.1 Å². The number of rotatable bonds is 8. The molecular weight excluding hydrogens is 420 g/mol. The summed E-state index contributed by atoms with van der Waals surface area (Å²) in [5, 5.41) is 9.67. The third kappa shape index (κ3) is 5.51. The zero-order valence-electron chi connectivity index (χ0n) is 18.7. The van der Waals surface area contributed by atoms with E-state index in [1.165, 1.54) is 23.7 Å². The van der Waals surface area contributed by atoms with Crippen LogP contribution in [-0.2, 0) is 11.2 Å². The van der Waals surface area contributed by atoms with E-state index in [1.807, 2.05) is 54.3 Å². The highest BCUT2D eigenvalue weighted by molar-refractivity contribution is 7.99. The minimum atomic E-state index is 0.174. The highest BCUT2D eigenvalue weighted by Gasteiger charge is 2.22. The Labute approximate surface area is 194 Å². The first-order valence-electron chi connectivity index (χ1n) is 11.3. The quantitative estimate of drug-likeness (QED) is 0.469. The molecule has 1 amide bonds. The molecule has 2 heterocycles. The average Bonchev–Trinajstić information content (AvgIpc) is 3.21. The molecule has 1 saturated heterocycles. The molecule has 1 aliphatic heterocycles. The van der Waals surface area contributed by atoms with Gasteiger partial charge in [-0.15, -0.1) is 10.2 Å². The van der Waals surface area contributed by atoms with Gasteiger partial charge in [0.2, 0.25) is 5.91 Å². The van der Waals surface area contributed by atoms with E-state index in [4.69, 9.17) is 4.74 Å². The fraction of sp³-hybridized carbons (Fsp3) is 0.400. The van der Waals surface area contributed by atoms with Gasteiger partial charge in [-0.1, -0.05) is 49.0 Å². The number of benzene rings is 2. The van der Waals surface area contributed by atoms with Gasteiger partial charge in [0, 0.05) is 25.2 Å². The third-order valence-electron chi connectivity index (χ3n) is 5.65. The summed E-state index contributed by atoms with van der Waals surface area (Å²) in [4.78, 5) is 14.8. The van der Waals surface area contributed by atoms with Gasteiger partial charge in [-0.2, -0.15) is 0 Å². The molecule has 0 bridgehead atoms. The number of aromatic nitrogens is 3. The first-order chi connectivity index (χ1) is 15.6. The zero-order chi connectivity index (χ0) is 22.3. The highest BCUT2D eigenvalue weighted by Crippen LogP contribution is 2.26. The summed E-state index contributed by atoms with van der Waals surface area (Å²) >= 11 is 1.46. The lowest BCUT2D eigenvalue weighted by Crippen LogP contribution is -2.40. The van der Waals surface area contributed by atoms with Gasteiger partial charge in [0.25, 0.3) is 0 Å². The smallest absolute Gasteiger partial charge is 0.233 e. The van der Waals surface area contributed by atoms with Crippen molar-refractivity contribution >= 4 is 17.7 Å². The second kappa shape index (κ2) is 10.7. The van der Waals surface area contributed by atoms with Gasteiger partial charge >= 0.3 is 0 Å². The van der Waals surface area contributed by atoms with Crippen LogP contribution < -0.4 is 4.74 Å². The Morgan fingerprint density at radius 2 is 1.91 bits per heavy atom. The van der Waals surface area contributed by atoms with Crippen LogP contribution in [0.3, 0.4) is 0 Å². The molecule has 0 N–H and O–H groups in total. The van der Waals surface area contributed by atoms with Crippen molar-refractivity contribution in [3.05, 3.63) is 66.0 Å². The number of piperidine rings is 1. The second-order valence-electron chi connectivity index (χ2n) is 8.20. The molecule has 0 saturated carbocycles. The molecule has 1 aliphatic rings. The Morgan fingerprint density at radius 1 is 1.12 bits per heavy atom. The number of thioether (sulfide) groups is 1. The van der Waals surface area contributed by atoms with Crippen molar-refractivity contribution in [1.29, 1.82) is 0 Å². The van der Waals surface area contributed by atoms with Crippen LogP contribution >= 0.6 is 11.8 Å². The summed E-state index contributed by atoms with van der Waals surface area (Å²) in [6.07, 6.45) is 2.95. The molecule has 0 spiro atoms. The Morgan fingerprint density at radius 3 is 2.62 bits per heavy atom. The largest absolute Gasteiger partial charge is 0.494 e. The van der Waals surface area contributed by atoms with E-state index in [0.29, 0.717) is 24.7 Å². The Kier molecular flexibility index (Phi) is 7.47. The molecular formula is C25H30N4O2S. The molecule has 2 aromatic carbocycles. The maximum Gasteiger partial charge on any atom is 0.233 e. The molecule has 0 radical (unpaired) electrons. The fourth-order valence-electron chi connectivity index (χ4n) is 4.04. The van der Waals surface area contributed by atoms with Crippen molar-refractivity contribution in [2.45, 2.75) is 38.3 Å². The SMILES string of the molecule is CCOc1ccc(-n2c(Cc3ccccc3)nnc2SCC(=O)N2CCCC(C)C2)cc1. The number of ether oxygens (including phenoxy) is 1. The first-order valence-corrected chi connectivity index (χ1v) is 12.2. The Bertz CT molecular complexity index is 1020. The van der Waals surface area contributed by atoms with Crippen LogP contribution in [0.5, 0.6) is 5.75 Å². The van der Waals surface area contributed by atoms with Crippen molar-refractivity contribution in [3.63, 3.8) is 0 Å². The van der Waals surface area contributed by atoms with Crippen LogP contribution in [0.4, 0.5) is 0 Å². The topological polar surface area (TPSA) is 60.2 Å². The Hall–Kier alpha value is -2.80. The van der Waals surface area contributed by atoms with Gasteiger partial charge in [-0.3, -0.25) is 9.36 Å². The van der Waals surface area contributed by atoms with Crippen LogP contribution in [-0.4, -0.2) is 51.0 Å². The number of carbonyl (C=O) groups excluding carboxylic acids is 1. The number of nitrogens with zero attached hydrogens (tertiary/aromatic N) is 4. The van der Waals surface area contributed by atoms with Crippen molar-refractivity contribution in [3.8, 4) is 11.4 Å². The van der Waals surface area contributed by atoms with Crippen molar-refractivity contribution in [1.82, 2.24) is 19.7 Å². The monoisotopic (exact) mass is 450 g/mol. The molecule has 6 nitrogen and oxygen atoms in total. The third-order valence-corrected chi connectivity index (χ3v) is 6.56. The van der Waals surface area contributed by atoms with Crippen LogP contribution in [0.15, 0.2) is 59.8 Å². The van der Waals surface area contributed by atoms with E-state index in [9.17, 15) is 4.79 Å². The molecule has 1 aromatic heterocycles. The van der Waals surface area contributed by atoms with Crippen molar-refractivity contribution in [2.75, 3.05) is 25.4 Å². The minimum Gasteiger partial charge on any atom is -0.494 e. The Balaban J connectivity index is 1.56. The van der Waals surface area contributed by atoms with Crippen LogP contribution in [0, 0.1) is 5.92 Å². The highest BCUT2D eigenvalue weighted by atomic mass is 32.2. The molecule has 1 unspecified atom stereocenters. The molecule has 168 valence electrons. The lowest BCUT2D eigenvalue weighted by molar-refractivity contribution is -0.130. The van der Waals surface area contributed by atoms with E-state index >= 15 is 0 Å². The predicted octanol–water partition coefficient (Wildman–Crippen LogP) is 4.61. The lowest BCUT2D eigenvalue weighted by Gasteiger charge is -2.30. The second-order valence-corrected chi connectivity index (χ2v) is 9.14. The van der Waals surface area contributed by atoms with Crippen LogP contribution in [0.25, 0.3) is 5.69 Å². The van der Waals surface area contributed by atoms with E-state index in [0.717, 1.165) is 41.9 Å². The minimum absolute atomic E-state index is 0.174. The summed E-state index contributed by atoms with van der Waals surface area (Å²) < 4.78 is 7.65. The molecule has 0 aliphatic carbocycles. The number of hydrogen-bond acceptors (Lipinski definition) is 5. The molecule has 3 aromatic rings. The molecule has 7 heteroatoms. The first kappa shape index (κ1) is 22.4. The number of likely N-dealkylation sites (tertiary alicyclic amines) is 1. The molecule has 4 rings (SSSR count). The van der Waals surface area contributed by atoms with Crippen LogP contribution in [0.2, 0.25) is 0 Å². The van der Waals surface area contributed by atoms with E-state index in [-0.39, 0.29) is 5.91 Å². The van der Waals surface area contributed by atoms with Crippen molar-refractivity contribution < 1.29 is 9.53 Å². The van der Waals surface area contributed by atoms with E-state index in [2.05, 4.69) is 33.8 Å².